The van der Waals surface area contributed by atoms with Gasteiger partial charge in [-0.3, -0.25) is 14.5 Å². The van der Waals surface area contributed by atoms with Crippen molar-refractivity contribution in [2.45, 2.75) is 32.9 Å². The van der Waals surface area contributed by atoms with Crippen LogP contribution >= 0.6 is 0 Å². The summed E-state index contributed by atoms with van der Waals surface area (Å²) in [4.78, 5) is 34.7. The summed E-state index contributed by atoms with van der Waals surface area (Å²) in [5, 5.41) is 2.57. The smallest absolute Gasteiger partial charge is 0.387 e. The van der Waals surface area contributed by atoms with Crippen LogP contribution in [0.15, 0.2) is 41.5 Å². The number of pyridine rings is 1. The Balaban J connectivity index is 1.92. The second kappa shape index (κ2) is 8.13. The van der Waals surface area contributed by atoms with Crippen LogP contribution < -0.4 is 15.8 Å². The molecule has 2 aromatic rings. The number of alkyl halides is 2. The summed E-state index contributed by atoms with van der Waals surface area (Å²) in [6.45, 7) is 1.86. The number of hydrogen-bond donors (Lipinski definition) is 2. The predicted molar refractivity (Wildman–Crippen MR) is 111 cm³/mol. The van der Waals surface area contributed by atoms with Crippen molar-refractivity contribution in [2.24, 2.45) is 16.1 Å². The topological polar surface area (TPSA) is 110 Å². The van der Waals surface area contributed by atoms with Gasteiger partial charge in [0.1, 0.15) is 22.8 Å². The largest absolute Gasteiger partial charge is 0.433 e. The number of anilines is 1. The number of nitrogens with one attached hydrogen (secondary N) is 1. The van der Waals surface area contributed by atoms with Gasteiger partial charge in [-0.25, -0.2) is 14.4 Å². The number of ether oxygens (including phenoxy) is 1. The number of hydrogen-bond acceptors (Lipinski definition) is 6. The maximum atomic E-state index is 14.9. The van der Waals surface area contributed by atoms with E-state index >= 15 is 0 Å². The summed E-state index contributed by atoms with van der Waals surface area (Å²) in [7, 11) is 1.49. The zero-order valence-electron chi connectivity index (χ0n) is 17.8. The molecule has 1 unspecified atom stereocenters. The van der Waals surface area contributed by atoms with Gasteiger partial charge in [0.15, 0.2) is 5.96 Å². The van der Waals surface area contributed by atoms with E-state index in [1.165, 1.54) is 36.2 Å². The molecule has 1 aliphatic rings. The third-order valence-electron chi connectivity index (χ3n) is 5.68. The van der Waals surface area contributed by atoms with Gasteiger partial charge < -0.3 is 15.8 Å². The number of guanidine groups is 1. The van der Waals surface area contributed by atoms with Gasteiger partial charge in [-0.1, -0.05) is 0 Å². The third kappa shape index (κ3) is 3.97. The summed E-state index contributed by atoms with van der Waals surface area (Å²) in [6.07, 6.45) is 0.988. The molecule has 1 aliphatic heterocycles. The summed E-state index contributed by atoms with van der Waals surface area (Å²) >= 11 is 0. The van der Waals surface area contributed by atoms with Gasteiger partial charge >= 0.3 is 6.61 Å². The van der Waals surface area contributed by atoms with Gasteiger partial charge in [-0.05, 0) is 51.1 Å². The van der Waals surface area contributed by atoms with Gasteiger partial charge in [0.2, 0.25) is 5.91 Å². The average Bonchev–Trinajstić information content (AvgIpc) is 2.72. The van der Waals surface area contributed by atoms with Crippen molar-refractivity contribution in [3.63, 3.8) is 0 Å². The first-order valence-electron chi connectivity index (χ1n) is 9.52. The Hall–Kier alpha value is -3.63. The van der Waals surface area contributed by atoms with Gasteiger partial charge in [-0.15, -0.1) is 0 Å². The van der Waals surface area contributed by atoms with E-state index < -0.39 is 29.3 Å². The number of benzene rings is 1. The standard InChI is InChI=1S/C21H22F3N5O3/c1-20(2)17(31)29(4)19(25)28-21(20,3)13-9-11(5-7-14(13)22)27-16(30)15-8-6-12(10-26-15)32-18(23)24/h5-10,18H,1-4H3,(H2,25,28)(H,27,30). The molecule has 1 aromatic carbocycles. The van der Waals surface area contributed by atoms with Crippen molar-refractivity contribution < 1.29 is 27.5 Å². The lowest BCUT2D eigenvalue weighted by molar-refractivity contribution is -0.140. The number of carbonyl (C=O) groups excluding carboxylic acids is 2. The molecule has 0 radical (unpaired) electrons. The number of nitrogens with two attached hydrogens (primary N) is 1. The van der Waals surface area contributed by atoms with Crippen LogP contribution in [0.25, 0.3) is 0 Å². The van der Waals surface area contributed by atoms with E-state index in [4.69, 9.17) is 5.73 Å². The fourth-order valence-electron chi connectivity index (χ4n) is 3.43. The maximum absolute atomic E-state index is 14.9. The first kappa shape index (κ1) is 23.0. The van der Waals surface area contributed by atoms with Gasteiger partial charge in [0.05, 0.1) is 11.6 Å². The van der Waals surface area contributed by atoms with Crippen LogP contribution in [0.3, 0.4) is 0 Å². The summed E-state index contributed by atoms with van der Waals surface area (Å²) in [5.74, 6) is -1.87. The Labute approximate surface area is 182 Å². The molecule has 0 aliphatic carbocycles. The molecule has 0 saturated heterocycles. The Morgan fingerprint density at radius 3 is 2.50 bits per heavy atom. The number of aliphatic imine (C=N–C) groups is 1. The minimum Gasteiger partial charge on any atom is -0.433 e. The van der Waals surface area contributed by atoms with Crippen LogP contribution in [0.4, 0.5) is 18.9 Å². The first-order valence-corrected chi connectivity index (χ1v) is 9.52. The molecule has 2 heterocycles. The molecular formula is C21H22F3N5O3. The van der Waals surface area contributed by atoms with Crippen molar-refractivity contribution >= 4 is 23.5 Å². The Morgan fingerprint density at radius 1 is 1.22 bits per heavy atom. The van der Waals surface area contributed by atoms with Crippen LogP contribution in [-0.4, -0.2) is 41.3 Å². The fourth-order valence-corrected chi connectivity index (χ4v) is 3.43. The number of halogens is 3. The second-order valence-electron chi connectivity index (χ2n) is 7.94. The fraction of sp³-hybridized carbons (Fsp3) is 0.333. The van der Waals surface area contributed by atoms with E-state index in [-0.39, 0.29) is 34.6 Å². The van der Waals surface area contributed by atoms with E-state index in [1.54, 1.807) is 20.8 Å². The predicted octanol–water partition coefficient (Wildman–Crippen LogP) is 3.10. The molecule has 0 spiro atoms. The maximum Gasteiger partial charge on any atom is 0.387 e. The van der Waals surface area contributed by atoms with Crippen LogP contribution in [0, 0.1) is 11.2 Å². The molecule has 0 bridgehead atoms. The quantitative estimate of drug-likeness (QED) is 0.729. The molecule has 0 saturated carbocycles. The number of rotatable bonds is 5. The van der Waals surface area contributed by atoms with E-state index in [0.29, 0.717) is 0 Å². The molecule has 3 rings (SSSR count). The van der Waals surface area contributed by atoms with Gasteiger partial charge in [0, 0.05) is 18.3 Å². The molecule has 11 heteroatoms. The monoisotopic (exact) mass is 449 g/mol. The van der Waals surface area contributed by atoms with Crippen molar-refractivity contribution in [3.8, 4) is 5.75 Å². The van der Waals surface area contributed by atoms with E-state index in [2.05, 4.69) is 20.0 Å². The number of carbonyl (C=O) groups is 2. The number of amides is 2. The lowest BCUT2D eigenvalue weighted by Crippen LogP contribution is -2.58. The highest BCUT2D eigenvalue weighted by Crippen LogP contribution is 2.47. The highest BCUT2D eigenvalue weighted by Gasteiger charge is 2.53. The average molecular weight is 449 g/mol. The van der Waals surface area contributed by atoms with Crippen LogP contribution in [0.5, 0.6) is 5.75 Å². The van der Waals surface area contributed by atoms with Crippen molar-refractivity contribution in [1.29, 1.82) is 0 Å². The highest BCUT2D eigenvalue weighted by atomic mass is 19.3. The van der Waals surface area contributed by atoms with Crippen LogP contribution in [-0.2, 0) is 10.3 Å². The molecule has 1 aromatic heterocycles. The highest BCUT2D eigenvalue weighted by molar-refractivity contribution is 6.03. The summed E-state index contributed by atoms with van der Waals surface area (Å²) in [6, 6.07) is 6.25. The molecule has 0 fully saturated rings. The van der Waals surface area contributed by atoms with E-state index in [9.17, 15) is 22.8 Å². The van der Waals surface area contributed by atoms with Gasteiger partial charge in [0.25, 0.3) is 5.91 Å². The van der Waals surface area contributed by atoms with Crippen LogP contribution in [0.1, 0.15) is 36.8 Å². The van der Waals surface area contributed by atoms with E-state index in [0.717, 1.165) is 12.3 Å². The number of nitrogens with zero attached hydrogens (tertiary/aromatic N) is 3. The first-order chi connectivity index (χ1) is 14.9. The minimum atomic E-state index is -3.01. The SMILES string of the molecule is CN1C(=O)C(C)(C)C(C)(c2cc(NC(=O)c3ccc(OC(F)F)cn3)ccc2F)N=C1N. The third-order valence-corrected chi connectivity index (χ3v) is 5.68. The molecular weight excluding hydrogens is 427 g/mol. The molecule has 1 atom stereocenters. The Bertz CT molecular complexity index is 1090. The molecule has 3 N–H and O–H groups in total. The molecule has 32 heavy (non-hydrogen) atoms. The Morgan fingerprint density at radius 2 is 1.91 bits per heavy atom. The van der Waals surface area contributed by atoms with Crippen molar-refractivity contribution in [1.82, 2.24) is 9.88 Å². The second-order valence-corrected chi connectivity index (χ2v) is 7.94. The number of aromatic nitrogens is 1. The molecule has 8 nitrogen and oxygen atoms in total. The van der Waals surface area contributed by atoms with Crippen molar-refractivity contribution in [2.75, 3.05) is 12.4 Å². The van der Waals surface area contributed by atoms with Crippen molar-refractivity contribution in [3.05, 3.63) is 53.6 Å². The lowest BCUT2D eigenvalue weighted by Gasteiger charge is -2.46. The summed E-state index contributed by atoms with van der Waals surface area (Å²) in [5.41, 5.74) is 3.62. The minimum absolute atomic E-state index is 0.0547. The van der Waals surface area contributed by atoms with Crippen LogP contribution in [0.2, 0.25) is 0 Å². The zero-order chi connectivity index (χ0) is 23.8. The van der Waals surface area contributed by atoms with Gasteiger partial charge in [-0.2, -0.15) is 8.78 Å². The summed E-state index contributed by atoms with van der Waals surface area (Å²) < 4.78 is 43.6. The normalized spacial score (nSPS) is 20.2. The lowest BCUT2D eigenvalue weighted by atomic mass is 9.67. The zero-order valence-corrected chi connectivity index (χ0v) is 17.8. The molecule has 170 valence electrons. The Kier molecular flexibility index (Phi) is 5.86. The molecule has 2 amide bonds. The van der Waals surface area contributed by atoms with E-state index in [1.807, 2.05) is 0 Å².